The molecule has 0 bridgehead atoms. The lowest BCUT2D eigenvalue weighted by Crippen LogP contribution is -2.53. The van der Waals surface area contributed by atoms with Crippen LogP contribution in [0.1, 0.15) is 106 Å². The van der Waals surface area contributed by atoms with E-state index in [2.05, 4.69) is 46.8 Å². The average Bonchev–Trinajstić information content (AvgIpc) is 3.11. The van der Waals surface area contributed by atoms with Crippen LogP contribution < -0.4 is 0 Å². The Hall–Kier alpha value is -0.990. The number of carbonyl (C=O) groups excluding carboxylic acids is 1. The molecule has 0 spiro atoms. The van der Waals surface area contributed by atoms with E-state index in [0.29, 0.717) is 17.9 Å². The van der Waals surface area contributed by atoms with Crippen molar-refractivity contribution < 1.29 is 14.3 Å². The van der Waals surface area contributed by atoms with E-state index in [1.807, 2.05) is 6.92 Å². The fraction of sp³-hybridized carbons (Fsp3) is 0.900. The van der Waals surface area contributed by atoms with Crippen molar-refractivity contribution in [1.82, 2.24) is 0 Å². The van der Waals surface area contributed by atoms with E-state index in [1.165, 1.54) is 57.8 Å². The summed E-state index contributed by atoms with van der Waals surface area (Å²) in [7, 11) is 0. The van der Waals surface area contributed by atoms with Crippen molar-refractivity contribution in [3.8, 4) is 0 Å². The van der Waals surface area contributed by atoms with Crippen LogP contribution in [-0.2, 0) is 9.47 Å². The lowest BCUT2D eigenvalue weighted by Gasteiger charge is -2.59. The van der Waals surface area contributed by atoms with Crippen LogP contribution in [0.3, 0.4) is 0 Å². The number of allylic oxidation sites excluding steroid dienone is 1. The van der Waals surface area contributed by atoms with Crippen molar-refractivity contribution in [2.75, 3.05) is 6.61 Å². The molecule has 0 aromatic rings. The first-order chi connectivity index (χ1) is 15.7. The highest BCUT2D eigenvalue weighted by Gasteiger charge is 2.60. The second-order valence-corrected chi connectivity index (χ2v) is 13.0. The molecule has 0 aromatic heterocycles. The van der Waals surface area contributed by atoms with Crippen LogP contribution in [0.5, 0.6) is 0 Å². The Morgan fingerprint density at radius 1 is 1.03 bits per heavy atom. The minimum Gasteiger partial charge on any atom is -0.435 e. The summed E-state index contributed by atoms with van der Waals surface area (Å²) in [6, 6.07) is 0. The first-order valence-corrected chi connectivity index (χ1v) is 14.2. The Bertz CT molecular complexity index is 713. The van der Waals surface area contributed by atoms with Gasteiger partial charge in [-0.25, -0.2) is 4.79 Å². The molecule has 3 nitrogen and oxygen atoms in total. The Balaban J connectivity index is 1.43. The van der Waals surface area contributed by atoms with Crippen LogP contribution in [0, 0.1) is 52.3 Å². The minimum absolute atomic E-state index is 0.116. The highest BCUT2D eigenvalue weighted by atomic mass is 16.7. The van der Waals surface area contributed by atoms with Gasteiger partial charge >= 0.3 is 6.16 Å². The van der Waals surface area contributed by atoms with Gasteiger partial charge in [-0.2, -0.15) is 0 Å². The lowest BCUT2D eigenvalue weighted by atomic mass is 9.45. The molecule has 3 saturated carbocycles. The summed E-state index contributed by atoms with van der Waals surface area (Å²) < 4.78 is 10.6. The number of fused-ring (bicyclic) bond motifs is 5. The quantitative estimate of drug-likeness (QED) is 0.284. The Morgan fingerprint density at radius 3 is 2.55 bits per heavy atom. The Morgan fingerprint density at radius 2 is 1.82 bits per heavy atom. The summed E-state index contributed by atoms with van der Waals surface area (Å²) in [6.45, 7) is 14.7. The summed E-state index contributed by atoms with van der Waals surface area (Å²) in [4.78, 5) is 11.8. The molecule has 3 fully saturated rings. The van der Waals surface area contributed by atoms with Gasteiger partial charge in [0.15, 0.2) is 0 Å². The molecule has 0 aliphatic heterocycles. The maximum absolute atomic E-state index is 11.8. The Labute approximate surface area is 203 Å². The van der Waals surface area contributed by atoms with Crippen LogP contribution >= 0.6 is 0 Å². The van der Waals surface area contributed by atoms with E-state index in [0.717, 1.165) is 41.9 Å². The third kappa shape index (κ3) is 4.76. The van der Waals surface area contributed by atoms with E-state index in [9.17, 15) is 4.79 Å². The molecular weight excluding hydrogens is 408 g/mol. The van der Waals surface area contributed by atoms with Gasteiger partial charge in [-0.3, -0.25) is 0 Å². The van der Waals surface area contributed by atoms with E-state index in [1.54, 1.807) is 0 Å². The van der Waals surface area contributed by atoms with Gasteiger partial charge in [0.05, 0.1) is 6.61 Å². The summed E-state index contributed by atoms with van der Waals surface area (Å²) in [5.41, 5.74) is 0.815. The molecule has 33 heavy (non-hydrogen) atoms. The molecule has 0 N–H and O–H groups in total. The zero-order valence-corrected chi connectivity index (χ0v) is 22.3. The van der Waals surface area contributed by atoms with Crippen molar-refractivity contribution in [3.63, 3.8) is 0 Å². The van der Waals surface area contributed by atoms with Gasteiger partial charge in [0.2, 0.25) is 0 Å². The molecule has 188 valence electrons. The van der Waals surface area contributed by atoms with E-state index in [4.69, 9.17) is 9.47 Å². The van der Waals surface area contributed by atoms with Crippen molar-refractivity contribution in [1.29, 1.82) is 0 Å². The average molecular weight is 459 g/mol. The van der Waals surface area contributed by atoms with Gasteiger partial charge in [0.25, 0.3) is 0 Å². The zero-order valence-electron chi connectivity index (χ0n) is 22.3. The lowest BCUT2D eigenvalue weighted by molar-refractivity contribution is -0.0928. The predicted octanol–water partition coefficient (Wildman–Crippen LogP) is 8.43. The monoisotopic (exact) mass is 458 g/mol. The second kappa shape index (κ2) is 9.94. The molecule has 0 unspecified atom stereocenters. The maximum Gasteiger partial charge on any atom is 0.508 e. The van der Waals surface area contributed by atoms with Gasteiger partial charge in [-0.05, 0) is 110 Å². The zero-order chi connectivity index (χ0) is 23.8. The molecule has 0 saturated heterocycles. The molecule has 4 rings (SSSR count). The van der Waals surface area contributed by atoms with Gasteiger partial charge in [0.1, 0.15) is 6.10 Å². The first-order valence-electron chi connectivity index (χ1n) is 14.2. The number of carbonyl (C=O) groups is 1. The predicted molar refractivity (Wildman–Crippen MR) is 135 cm³/mol. The summed E-state index contributed by atoms with van der Waals surface area (Å²) in [5, 5.41) is 0. The maximum atomic E-state index is 11.8. The first kappa shape index (κ1) is 25.1. The van der Waals surface area contributed by atoms with Crippen LogP contribution in [0.15, 0.2) is 12.2 Å². The number of hydrogen-bond acceptors (Lipinski definition) is 3. The van der Waals surface area contributed by atoms with Crippen molar-refractivity contribution >= 4 is 6.16 Å². The number of hydrogen-bond donors (Lipinski definition) is 0. The molecule has 0 heterocycles. The highest BCUT2D eigenvalue weighted by molar-refractivity contribution is 5.60. The Kier molecular flexibility index (Phi) is 7.56. The number of rotatable bonds is 7. The van der Waals surface area contributed by atoms with Crippen LogP contribution in [0.2, 0.25) is 0 Å². The van der Waals surface area contributed by atoms with Crippen LogP contribution in [0.4, 0.5) is 4.79 Å². The van der Waals surface area contributed by atoms with Gasteiger partial charge in [-0.1, -0.05) is 60.0 Å². The largest absolute Gasteiger partial charge is 0.508 e. The summed E-state index contributed by atoms with van der Waals surface area (Å²) in [6.07, 6.45) is 17.5. The van der Waals surface area contributed by atoms with Gasteiger partial charge < -0.3 is 9.47 Å². The highest BCUT2D eigenvalue weighted by Crippen LogP contribution is 2.67. The van der Waals surface area contributed by atoms with Crippen LogP contribution in [0.25, 0.3) is 0 Å². The molecule has 9 atom stereocenters. The smallest absolute Gasteiger partial charge is 0.435 e. The normalized spacial score (nSPS) is 42.9. The fourth-order valence-corrected chi connectivity index (χ4v) is 9.16. The number of ether oxygens (including phenoxy) is 2. The minimum atomic E-state index is -0.516. The van der Waals surface area contributed by atoms with E-state index in [-0.39, 0.29) is 11.5 Å². The van der Waals surface area contributed by atoms with Crippen molar-refractivity contribution in [2.45, 2.75) is 112 Å². The molecule has 4 aliphatic carbocycles. The summed E-state index contributed by atoms with van der Waals surface area (Å²) >= 11 is 0. The third-order valence-corrected chi connectivity index (χ3v) is 10.9. The van der Waals surface area contributed by atoms with Crippen molar-refractivity contribution in [2.24, 2.45) is 52.3 Å². The van der Waals surface area contributed by atoms with Crippen LogP contribution in [-0.4, -0.2) is 18.9 Å². The third-order valence-electron chi connectivity index (χ3n) is 10.9. The van der Waals surface area contributed by atoms with Crippen molar-refractivity contribution in [3.05, 3.63) is 12.2 Å². The second-order valence-electron chi connectivity index (χ2n) is 13.0. The topological polar surface area (TPSA) is 35.5 Å². The van der Waals surface area contributed by atoms with E-state index >= 15 is 0 Å². The van der Waals surface area contributed by atoms with E-state index < -0.39 is 6.16 Å². The molecule has 0 amide bonds. The summed E-state index contributed by atoms with van der Waals surface area (Å²) in [5.74, 6) is 5.84. The molecular formula is C30H50O3. The molecule has 0 radical (unpaired) electrons. The molecule has 3 heteroatoms. The molecule has 0 aromatic carbocycles. The standard InChI is InChI=1S/C30H50O3/c1-7-32-28(31)33-23-15-17-29(5)22(19-23)11-12-24-26-14-13-25(21(4)10-8-9-20(2)3)30(26,6)18-16-27(24)29/h15,17,20-27H,7-14,16,18-19H2,1-6H3/t21-,22+,23-,24+,25+,26-,27-,29+,30+/m1/s1. The van der Waals surface area contributed by atoms with Gasteiger partial charge in [0, 0.05) is 0 Å². The molecule has 4 aliphatic rings. The van der Waals surface area contributed by atoms with Gasteiger partial charge in [-0.15, -0.1) is 0 Å². The SMILES string of the molecule is CCOC(=O)O[C@@H]1C=C[C@@]2(C)[C@@H](CC[C@@H]3[C@H]2CC[C@]2(C)[C@@H]3CC[C@H]2[C@H](C)CCCC(C)C)C1. The fourth-order valence-electron chi connectivity index (χ4n) is 9.16.